The van der Waals surface area contributed by atoms with Crippen molar-refractivity contribution in [1.29, 1.82) is 0 Å². The quantitative estimate of drug-likeness (QED) is 0.879. The molecule has 0 bridgehead atoms. The number of anilines is 1. The summed E-state index contributed by atoms with van der Waals surface area (Å²) in [6.07, 6.45) is 8.40. The summed E-state index contributed by atoms with van der Waals surface area (Å²) in [6, 6.07) is 10.5. The molecule has 24 heavy (non-hydrogen) atoms. The van der Waals surface area contributed by atoms with E-state index in [-0.39, 0.29) is 17.8 Å². The average molecular weight is 325 g/mol. The third kappa shape index (κ3) is 4.41. The summed E-state index contributed by atoms with van der Waals surface area (Å²) < 4.78 is 13.3. The van der Waals surface area contributed by atoms with E-state index in [1.807, 2.05) is 18.2 Å². The van der Waals surface area contributed by atoms with Gasteiger partial charge in [-0.2, -0.15) is 0 Å². The fraction of sp³-hybridized carbons (Fsp3) is 0.263. The Morgan fingerprint density at radius 2 is 2.08 bits per heavy atom. The standard InChI is InChI=1S/C19H20FN3O/c20-16-4-1-5-18(13-16)23-11-8-17(9-12-23)22-19(24)7-6-15-3-2-10-21-14-15/h1-7,10,13-14,17H,8-9,11-12H2,(H,22,24)/b7-6-. The molecule has 0 unspecified atom stereocenters. The molecule has 1 saturated heterocycles. The van der Waals surface area contributed by atoms with Gasteiger partial charge in [0.1, 0.15) is 5.82 Å². The molecule has 1 aliphatic heterocycles. The van der Waals surface area contributed by atoms with Crippen LogP contribution in [-0.4, -0.2) is 30.0 Å². The minimum absolute atomic E-state index is 0.0944. The first-order valence-corrected chi connectivity index (χ1v) is 8.10. The van der Waals surface area contributed by atoms with Crippen LogP contribution in [0.1, 0.15) is 18.4 Å². The van der Waals surface area contributed by atoms with Crippen LogP contribution in [0.25, 0.3) is 6.08 Å². The van der Waals surface area contributed by atoms with Gasteiger partial charge < -0.3 is 10.2 Å². The average Bonchev–Trinajstić information content (AvgIpc) is 2.61. The number of halogens is 1. The zero-order chi connectivity index (χ0) is 16.8. The maximum Gasteiger partial charge on any atom is 0.244 e. The van der Waals surface area contributed by atoms with Crippen molar-refractivity contribution in [1.82, 2.24) is 10.3 Å². The number of carbonyl (C=O) groups is 1. The van der Waals surface area contributed by atoms with Gasteiger partial charge in [0, 0.05) is 43.3 Å². The highest BCUT2D eigenvalue weighted by Crippen LogP contribution is 2.20. The predicted octanol–water partition coefficient (Wildman–Crippen LogP) is 3.02. The molecule has 0 atom stereocenters. The van der Waals surface area contributed by atoms with E-state index < -0.39 is 0 Å². The Balaban J connectivity index is 1.48. The summed E-state index contributed by atoms with van der Waals surface area (Å²) in [7, 11) is 0. The van der Waals surface area contributed by atoms with Crippen LogP contribution in [0, 0.1) is 5.82 Å². The monoisotopic (exact) mass is 325 g/mol. The van der Waals surface area contributed by atoms with Crippen LogP contribution in [0.5, 0.6) is 0 Å². The number of amides is 1. The Kier molecular flexibility index (Phi) is 5.21. The number of rotatable bonds is 4. The first-order chi connectivity index (χ1) is 11.7. The Morgan fingerprint density at radius 3 is 2.79 bits per heavy atom. The lowest BCUT2D eigenvalue weighted by Crippen LogP contribution is -2.44. The number of nitrogens with zero attached hydrogens (tertiary/aromatic N) is 2. The van der Waals surface area contributed by atoms with Crippen molar-refractivity contribution < 1.29 is 9.18 Å². The van der Waals surface area contributed by atoms with Crippen LogP contribution in [0.3, 0.4) is 0 Å². The third-order valence-corrected chi connectivity index (χ3v) is 4.13. The molecule has 1 N–H and O–H groups in total. The van der Waals surface area contributed by atoms with Gasteiger partial charge in [-0.05, 0) is 48.7 Å². The van der Waals surface area contributed by atoms with Gasteiger partial charge in [0.2, 0.25) is 5.91 Å². The van der Waals surface area contributed by atoms with E-state index in [9.17, 15) is 9.18 Å². The number of nitrogens with one attached hydrogen (secondary N) is 1. The molecule has 5 heteroatoms. The topological polar surface area (TPSA) is 45.2 Å². The van der Waals surface area contributed by atoms with Gasteiger partial charge in [-0.25, -0.2) is 4.39 Å². The second kappa shape index (κ2) is 7.73. The van der Waals surface area contributed by atoms with E-state index >= 15 is 0 Å². The van der Waals surface area contributed by atoms with Crippen LogP contribution in [0.2, 0.25) is 0 Å². The van der Waals surface area contributed by atoms with Crippen LogP contribution >= 0.6 is 0 Å². The molecular weight excluding hydrogens is 305 g/mol. The van der Waals surface area contributed by atoms with Gasteiger partial charge in [-0.1, -0.05) is 12.1 Å². The molecule has 1 amide bonds. The van der Waals surface area contributed by atoms with Crippen LogP contribution in [0.15, 0.2) is 54.9 Å². The maximum atomic E-state index is 13.3. The number of aromatic nitrogens is 1. The number of benzene rings is 1. The summed E-state index contributed by atoms with van der Waals surface area (Å²) in [6.45, 7) is 1.61. The number of hydrogen-bond donors (Lipinski definition) is 1. The highest BCUT2D eigenvalue weighted by atomic mass is 19.1. The summed E-state index contributed by atoms with van der Waals surface area (Å²) in [4.78, 5) is 18.2. The van der Waals surface area contributed by atoms with Crippen LogP contribution in [-0.2, 0) is 4.79 Å². The number of carbonyl (C=O) groups excluding carboxylic acids is 1. The van der Waals surface area contributed by atoms with E-state index in [0.717, 1.165) is 37.2 Å². The van der Waals surface area contributed by atoms with Crippen LogP contribution in [0.4, 0.5) is 10.1 Å². The van der Waals surface area contributed by atoms with E-state index in [4.69, 9.17) is 0 Å². The van der Waals surface area contributed by atoms with Crippen molar-refractivity contribution in [2.24, 2.45) is 0 Å². The molecule has 0 radical (unpaired) electrons. The number of pyridine rings is 1. The molecule has 1 aliphatic rings. The minimum Gasteiger partial charge on any atom is -0.371 e. The molecule has 1 aromatic carbocycles. The Hall–Kier alpha value is -2.69. The SMILES string of the molecule is O=C(/C=C\c1cccnc1)NC1CCN(c2cccc(F)c2)CC1. The van der Waals surface area contributed by atoms with Crippen molar-refractivity contribution in [2.75, 3.05) is 18.0 Å². The molecular formula is C19H20FN3O. The van der Waals surface area contributed by atoms with E-state index in [2.05, 4.69) is 15.2 Å². The van der Waals surface area contributed by atoms with Gasteiger partial charge in [0.15, 0.2) is 0 Å². The summed E-state index contributed by atoms with van der Waals surface area (Å²) in [5.41, 5.74) is 1.80. The smallest absolute Gasteiger partial charge is 0.244 e. The second-order valence-corrected chi connectivity index (χ2v) is 5.87. The van der Waals surface area contributed by atoms with Crippen LogP contribution < -0.4 is 10.2 Å². The zero-order valence-electron chi connectivity index (χ0n) is 13.4. The minimum atomic E-state index is -0.219. The maximum absolute atomic E-state index is 13.3. The molecule has 2 aromatic rings. The molecule has 3 rings (SSSR count). The number of piperidine rings is 1. The van der Waals surface area contributed by atoms with Gasteiger partial charge in [0.25, 0.3) is 0 Å². The van der Waals surface area contributed by atoms with Gasteiger partial charge in [-0.3, -0.25) is 9.78 Å². The lowest BCUT2D eigenvalue weighted by atomic mass is 10.0. The van der Waals surface area contributed by atoms with E-state index in [1.54, 1.807) is 30.6 Å². The lowest BCUT2D eigenvalue weighted by molar-refractivity contribution is -0.117. The van der Waals surface area contributed by atoms with Gasteiger partial charge in [-0.15, -0.1) is 0 Å². The van der Waals surface area contributed by atoms with Crippen molar-refractivity contribution in [3.63, 3.8) is 0 Å². The second-order valence-electron chi connectivity index (χ2n) is 5.87. The highest BCUT2D eigenvalue weighted by Gasteiger charge is 2.20. The van der Waals surface area contributed by atoms with Crippen molar-refractivity contribution in [3.05, 3.63) is 66.2 Å². The molecule has 1 fully saturated rings. The first kappa shape index (κ1) is 16.2. The molecule has 0 saturated carbocycles. The van der Waals surface area contributed by atoms with Crippen molar-refractivity contribution >= 4 is 17.7 Å². The van der Waals surface area contributed by atoms with Gasteiger partial charge >= 0.3 is 0 Å². The summed E-state index contributed by atoms with van der Waals surface area (Å²) in [5, 5.41) is 3.03. The zero-order valence-corrected chi connectivity index (χ0v) is 13.4. The highest BCUT2D eigenvalue weighted by molar-refractivity contribution is 5.91. The predicted molar refractivity (Wildman–Crippen MR) is 93.0 cm³/mol. The first-order valence-electron chi connectivity index (χ1n) is 8.10. The molecule has 0 aliphatic carbocycles. The van der Waals surface area contributed by atoms with E-state index in [0.29, 0.717) is 0 Å². The molecule has 2 heterocycles. The third-order valence-electron chi connectivity index (χ3n) is 4.13. The number of hydrogen-bond acceptors (Lipinski definition) is 3. The van der Waals surface area contributed by atoms with Crippen molar-refractivity contribution in [2.45, 2.75) is 18.9 Å². The Morgan fingerprint density at radius 1 is 1.25 bits per heavy atom. The summed E-state index contributed by atoms with van der Waals surface area (Å²) in [5.74, 6) is -0.313. The normalized spacial score (nSPS) is 15.6. The van der Waals surface area contributed by atoms with Crippen molar-refractivity contribution in [3.8, 4) is 0 Å². The molecule has 1 aromatic heterocycles. The lowest BCUT2D eigenvalue weighted by Gasteiger charge is -2.33. The molecule has 124 valence electrons. The van der Waals surface area contributed by atoms with E-state index in [1.165, 1.54) is 12.1 Å². The largest absolute Gasteiger partial charge is 0.371 e. The Bertz CT molecular complexity index is 710. The van der Waals surface area contributed by atoms with Gasteiger partial charge in [0.05, 0.1) is 0 Å². The fourth-order valence-electron chi connectivity index (χ4n) is 2.85. The molecule has 0 spiro atoms. The fourth-order valence-corrected chi connectivity index (χ4v) is 2.85. The Labute approximate surface area is 141 Å². The summed E-state index contributed by atoms with van der Waals surface area (Å²) >= 11 is 0. The molecule has 4 nitrogen and oxygen atoms in total.